The van der Waals surface area contributed by atoms with Crippen LogP contribution in [0, 0.1) is 5.92 Å². The van der Waals surface area contributed by atoms with Crippen LogP contribution in [0.5, 0.6) is 5.75 Å². The maximum Gasteiger partial charge on any atom is 0.408 e. The zero-order valence-electron chi connectivity index (χ0n) is 16.1. The first-order valence-electron chi connectivity index (χ1n) is 9.15. The molecular weight excluding hydrogens is 374 g/mol. The fraction of sp³-hybridized carbons (Fsp3) is 0.227. The van der Waals surface area contributed by atoms with Gasteiger partial charge in [-0.05, 0) is 29.7 Å². The van der Waals surface area contributed by atoms with E-state index < -0.39 is 23.7 Å². The summed E-state index contributed by atoms with van der Waals surface area (Å²) in [6.45, 7) is 3.65. The number of hydrogen-bond donors (Lipinski definition) is 1. The number of esters is 1. The number of alkyl carbamates (subject to hydrolysis) is 1. The van der Waals surface area contributed by atoms with Crippen LogP contribution in [-0.4, -0.2) is 18.1 Å². The molecule has 0 aliphatic rings. The Balaban J connectivity index is 1.64. The third kappa shape index (κ3) is 5.44. The number of carbonyl (C=O) groups is 2. The van der Waals surface area contributed by atoms with Crippen molar-refractivity contribution in [1.29, 1.82) is 0 Å². The van der Waals surface area contributed by atoms with Crippen LogP contribution in [0.4, 0.5) is 4.79 Å². The normalized spacial score (nSPS) is 11.8. The molecule has 3 rings (SSSR count). The Bertz CT molecular complexity index is 1060. The number of amides is 1. The van der Waals surface area contributed by atoms with E-state index in [0.29, 0.717) is 11.0 Å². The quantitative estimate of drug-likeness (QED) is 0.389. The summed E-state index contributed by atoms with van der Waals surface area (Å²) < 4.78 is 15.6. The lowest BCUT2D eigenvalue weighted by Gasteiger charge is -2.20. The van der Waals surface area contributed by atoms with Crippen molar-refractivity contribution in [1.82, 2.24) is 5.32 Å². The molecule has 150 valence electrons. The molecule has 7 nitrogen and oxygen atoms in total. The second kappa shape index (κ2) is 9.05. The van der Waals surface area contributed by atoms with E-state index in [4.69, 9.17) is 13.9 Å². The molecule has 1 aromatic heterocycles. The van der Waals surface area contributed by atoms with Crippen molar-refractivity contribution >= 4 is 23.0 Å². The first-order valence-corrected chi connectivity index (χ1v) is 9.15. The topological polar surface area (TPSA) is 94.8 Å². The summed E-state index contributed by atoms with van der Waals surface area (Å²) in [7, 11) is 0. The molecule has 1 atom stereocenters. The first kappa shape index (κ1) is 20.1. The standard InChI is InChI=1S/C22H21NO6/c1-14(2)20(23-22(26)27-13-15-6-4-3-5-7-15)21(25)28-17-10-8-16-9-11-19(24)29-18(16)12-17/h3-12,14,20H,13H2,1-2H3,(H,23,26). The second-order valence-electron chi connectivity index (χ2n) is 6.80. The number of rotatable bonds is 6. The van der Waals surface area contributed by atoms with Gasteiger partial charge in [-0.25, -0.2) is 14.4 Å². The zero-order valence-corrected chi connectivity index (χ0v) is 16.1. The largest absolute Gasteiger partial charge is 0.445 e. The molecule has 1 unspecified atom stereocenters. The summed E-state index contributed by atoms with van der Waals surface area (Å²) >= 11 is 0. The molecule has 29 heavy (non-hydrogen) atoms. The summed E-state index contributed by atoms with van der Waals surface area (Å²) in [5, 5.41) is 3.25. The van der Waals surface area contributed by atoms with Crippen LogP contribution in [0.15, 0.2) is 69.9 Å². The van der Waals surface area contributed by atoms with Gasteiger partial charge in [0.1, 0.15) is 24.0 Å². The minimum atomic E-state index is -0.906. The predicted octanol–water partition coefficient (Wildman–Crippen LogP) is 3.65. The summed E-state index contributed by atoms with van der Waals surface area (Å²) in [6, 6.07) is 16.0. The molecule has 7 heteroatoms. The van der Waals surface area contributed by atoms with Crippen molar-refractivity contribution in [2.75, 3.05) is 0 Å². The zero-order chi connectivity index (χ0) is 20.8. The lowest BCUT2D eigenvalue weighted by atomic mass is 10.1. The maximum atomic E-state index is 12.6. The molecule has 0 spiro atoms. The number of carbonyl (C=O) groups excluding carboxylic acids is 2. The van der Waals surface area contributed by atoms with Crippen LogP contribution in [0.25, 0.3) is 11.0 Å². The highest BCUT2D eigenvalue weighted by molar-refractivity contribution is 5.84. The number of nitrogens with one attached hydrogen (secondary N) is 1. The van der Waals surface area contributed by atoms with E-state index in [-0.39, 0.29) is 18.3 Å². The van der Waals surface area contributed by atoms with E-state index in [1.165, 1.54) is 12.1 Å². The summed E-state index contributed by atoms with van der Waals surface area (Å²) in [4.78, 5) is 36.1. The lowest BCUT2D eigenvalue weighted by molar-refractivity contribution is -0.137. The van der Waals surface area contributed by atoms with Gasteiger partial charge in [-0.2, -0.15) is 0 Å². The minimum Gasteiger partial charge on any atom is -0.445 e. The van der Waals surface area contributed by atoms with Gasteiger partial charge >= 0.3 is 17.7 Å². The van der Waals surface area contributed by atoms with Gasteiger partial charge in [0, 0.05) is 17.5 Å². The molecule has 2 aromatic carbocycles. The van der Waals surface area contributed by atoms with Gasteiger partial charge in [0.05, 0.1) is 0 Å². The van der Waals surface area contributed by atoms with E-state index in [2.05, 4.69) is 5.32 Å². The third-order valence-electron chi connectivity index (χ3n) is 4.22. The summed E-state index contributed by atoms with van der Waals surface area (Å²) in [6.07, 6.45) is -0.714. The molecule has 0 fully saturated rings. The fourth-order valence-corrected chi connectivity index (χ4v) is 2.67. The van der Waals surface area contributed by atoms with E-state index >= 15 is 0 Å². The SMILES string of the molecule is CC(C)C(NC(=O)OCc1ccccc1)C(=O)Oc1ccc2ccc(=O)oc2c1. The van der Waals surface area contributed by atoms with E-state index in [9.17, 15) is 14.4 Å². The minimum absolute atomic E-state index is 0.0935. The maximum absolute atomic E-state index is 12.6. The Morgan fingerprint density at radius 2 is 1.76 bits per heavy atom. The molecular formula is C22H21NO6. The highest BCUT2D eigenvalue weighted by Crippen LogP contribution is 2.20. The number of benzene rings is 2. The van der Waals surface area contributed by atoms with Gasteiger partial charge < -0.3 is 19.2 Å². The highest BCUT2D eigenvalue weighted by atomic mass is 16.6. The highest BCUT2D eigenvalue weighted by Gasteiger charge is 2.27. The Labute approximate surface area is 167 Å². The van der Waals surface area contributed by atoms with Crippen LogP contribution in [0.3, 0.4) is 0 Å². The van der Waals surface area contributed by atoms with E-state index in [0.717, 1.165) is 5.56 Å². The number of ether oxygens (including phenoxy) is 2. The summed E-state index contributed by atoms with van der Waals surface area (Å²) in [5.41, 5.74) is 0.645. The molecule has 1 heterocycles. The first-order chi connectivity index (χ1) is 13.9. The molecule has 0 saturated carbocycles. The van der Waals surface area contributed by atoms with Gasteiger partial charge in [-0.15, -0.1) is 0 Å². The Morgan fingerprint density at radius 1 is 1.03 bits per heavy atom. The van der Waals surface area contributed by atoms with Gasteiger partial charge in [0.2, 0.25) is 0 Å². The van der Waals surface area contributed by atoms with Crippen LogP contribution < -0.4 is 15.7 Å². The van der Waals surface area contributed by atoms with Crippen molar-refractivity contribution in [2.24, 2.45) is 5.92 Å². The van der Waals surface area contributed by atoms with E-state index in [1.807, 2.05) is 30.3 Å². The predicted molar refractivity (Wildman–Crippen MR) is 107 cm³/mol. The van der Waals surface area contributed by atoms with Crippen molar-refractivity contribution < 1.29 is 23.5 Å². The van der Waals surface area contributed by atoms with Gasteiger partial charge in [-0.3, -0.25) is 0 Å². The number of fused-ring (bicyclic) bond motifs is 1. The van der Waals surface area contributed by atoms with Crippen LogP contribution in [0.1, 0.15) is 19.4 Å². The lowest BCUT2D eigenvalue weighted by Crippen LogP contribution is -2.46. The molecule has 1 amide bonds. The van der Waals surface area contributed by atoms with Crippen molar-refractivity contribution in [2.45, 2.75) is 26.5 Å². The Hall–Kier alpha value is -3.61. The summed E-state index contributed by atoms with van der Waals surface area (Å²) in [5.74, 6) is -0.665. The molecule has 0 aliphatic heterocycles. The average molecular weight is 395 g/mol. The van der Waals surface area contributed by atoms with Crippen LogP contribution in [-0.2, 0) is 16.1 Å². The average Bonchev–Trinajstić information content (AvgIpc) is 2.70. The molecule has 1 N–H and O–H groups in total. The molecule has 0 radical (unpaired) electrons. The molecule has 0 bridgehead atoms. The van der Waals surface area contributed by atoms with Gasteiger partial charge in [0.25, 0.3) is 0 Å². The monoisotopic (exact) mass is 395 g/mol. The second-order valence-corrected chi connectivity index (χ2v) is 6.80. The van der Waals surface area contributed by atoms with Crippen LogP contribution in [0.2, 0.25) is 0 Å². The Morgan fingerprint density at radius 3 is 2.48 bits per heavy atom. The molecule has 0 aliphatic carbocycles. The molecule has 3 aromatic rings. The third-order valence-corrected chi connectivity index (χ3v) is 4.22. The molecule has 0 saturated heterocycles. The smallest absolute Gasteiger partial charge is 0.408 e. The van der Waals surface area contributed by atoms with Gasteiger partial charge in [-0.1, -0.05) is 44.2 Å². The van der Waals surface area contributed by atoms with Crippen molar-refractivity contribution in [3.63, 3.8) is 0 Å². The van der Waals surface area contributed by atoms with Gasteiger partial charge in [0.15, 0.2) is 0 Å². The fourth-order valence-electron chi connectivity index (χ4n) is 2.67. The number of hydrogen-bond acceptors (Lipinski definition) is 6. The van der Waals surface area contributed by atoms with Crippen molar-refractivity contribution in [3.05, 3.63) is 76.6 Å². The van der Waals surface area contributed by atoms with Crippen molar-refractivity contribution in [3.8, 4) is 5.75 Å². The van der Waals surface area contributed by atoms with E-state index in [1.54, 1.807) is 32.0 Å². The Kier molecular flexibility index (Phi) is 6.29. The van der Waals surface area contributed by atoms with Crippen LogP contribution >= 0.6 is 0 Å².